The summed E-state index contributed by atoms with van der Waals surface area (Å²) in [4.78, 5) is 31.6. The number of amides is 1. The van der Waals surface area contributed by atoms with E-state index < -0.39 is 6.04 Å². The lowest BCUT2D eigenvalue weighted by Crippen LogP contribution is -2.37. The SMILES string of the molecule is CCc1ccccc1NC(=O)CN(C)[C@@H](C(=O)c1c[nH]c2ccccc12)c1ccccc1. The molecular formula is C27H27N3O2. The van der Waals surface area contributed by atoms with Crippen molar-refractivity contribution in [1.29, 1.82) is 0 Å². The first-order valence-electron chi connectivity index (χ1n) is 10.8. The highest BCUT2D eigenvalue weighted by Crippen LogP contribution is 2.28. The van der Waals surface area contributed by atoms with Gasteiger partial charge in [0.2, 0.25) is 5.91 Å². The number of aryl methyl sites for hydroxylation is 1. The van der Waals surface area contributed by atoms with Crippen molar-refractivity contribution in [3.8, 4) is 0 Å². The fraction of sp³-hybridized carbons (Fsp3) is 0.185. The summed E-state index contributed by atoms with van der Waals surface area (Å²) in [6.45, 7) is 2.15. The molecule has 1 heterocycles. The van der Waals surface area contributed by atoms with Crippen LogP contribution in [0.4, 0.5) is 5.69 Å². The molecular weight excluding hydrogens is 398 g/mol. The maximum absolute atomic E-state index is 13.7. The molecule has 2 N–H and O–H groups in total. The fourth-order valence-electron chi connectivity index (χ4n) is 4.12. The Morgan fingerprint density at radius 1 is 0.938 bits per heavy atom. The molecule has 5 nitrogen and oxygen atoms in total. The normalized spacial score (nSPS) is 12.1. The van der Waals surface area contributed by atoms with Crippen molar-refractivity contribution in [1.82, 2.24) is 9.88 Å². The van der Waals surface area contributed by atoms with Crippen LogP contribution < -0.4 is 5.32 Å². The van der Waals surface area contributed by atoms with Crippen molar-refractivity contribution >= 4 is 28.3 Å². The van der Waals surface area contributed by atoms with Crippen LogP contribution in [0.3, 0.4) is 0 Å². The van der Waals surface area contributed by atoms with E-state index in [-0.39, 0.29) is 18.2 Å². The van der Waals surface area contributed by atoms with E-state index in [1.165, 1.54) is 0 Å². The number of carbonyl (C=O) groups is 2. The van der Waals surface area contributed by atoms with Crippen molar-refractivity contribution in [3.63, 3.8) is 0 Å². The number of aromatic nitrogens is 1. The summed E-state index contributed by atoms with van der Waals surface area (Å²) in [7, 11) is 1.82. The Labute approximate surface area is 188 Å². The van der Waals surface area contributed by atoms with Crippen LogP contribution in [0.15, 0.2) is 85.1 Å². The number of carbonyl (C=O) groups excluding carboxylic acids is 2. The van der Waals surface area contributed by atoms with Gasteiger partial charge in [-0.25, -0.2) is 0 Å². The molecule has 0 spiro atoms. The largest absolute Gasteiger partial charge is 0.360 e. The lowest BCUT2D eigenvalue weighted by Gasteiger charge is -2.27. The van der Waals surface area contributed by atoms with Gasteiger partial charge in [0.05, 0.1) is 12.6 Å². The zero-order valence-corrected chi connectivity index (χ0v) is 18.3. The number of rotatable bonds is 8. The zero-order chi connectivity index (χ0) is 22.5. The van der Waals surface area contributed by atoms with Gasteiger partial charge in [-0.15, -0.1) is 0 Å². The van der Waals surface area contributed by atoms with Crippen LogP contribution in [0.1, 0.15) is 34.5 Å². The van der Waals surface area contributed by atoms with E-state index in [1.807, 2.05) is 90.8 Å². The fourth-order valence-corrected chi connectivity index (χ4v) is 4.12. The Balaban J connectivity index is 1.60. The molecule has 3 aromatic carbocycles. The number of aromatic amines is 1. The number of ketones is 1. The van der Waals surface area contributed by atoms with E-state index in [2.05, 4.69) is 17.2 Å². The molecule has 0 saturated heterocycles. The van der Waals surface area contributed by atoms with Crippen molar-refractivity contribution < 1.29 is 9.59 Å². The first-order chi connectivity index (χ1) is 15.6. The number of likely N-dealkylation sites (N-methyl/N-ethyl adjacent to an activating group) is 1. The van der Waals surface area contributed by atoms with Crippen molar-refractivity contribution in [2.24, 2.45) is 0 Å². The minimum atomic E-state index is -0.581. The average Bonchev–Trinajstić information content (AvgIpc) is 3.24. The van der Waals surface area contributed by atoms with Gasteiger partial charge in [-0.3, -0.25) is 14.5 Å². The topological polar surface area (TPSA) is 65.2 Å². The highest BCUT2D eigenvalue weighted by Gasteiger charge is 2.29. The van der Waals surface area contributed by atoms with Crippen LogP contribution in [-0.4, -0.2) is 35.2 Å². The van der Waals surface area contributed by atoms with Crippen LogP contribution >= 0.6 is 0 Å². The van der Waals surface area contributed by atoms with Crippen LogP contribution in [0.25, 0.3) is 10.9 Å². The summed E-state index contributed by atoms with van der Waals surface area (Å²) in [5.74, 6) is -0.195. The second-order valence-corrected chi connectivity index (χ2v) is 7.90. The third-order valence-corrected chi connectivity index (χ3v) is 5.72. The number of H-pyrrole nitrogens is 1. The maximum Gasteiger partial charge on any atom is 0.238 e. The van der Waals surface area contributed by atoms with Crippen molar-refractivity contribution in [2.75, 3.05) is 18.9 Å². The van der Waals surface area contributed by atoms with E-state index in [0.29, 0.717) is 5.56 Å². The molecule has 5 heteroatoms. The number of benzene rings is 3. The molecule has 0 saturated carbocycles. The lowest BCUT2D eigenvalue weighted by atomic mass is 9.96. The Morgan fingerprint density at radius 3 is 2.41 bits per heavy atom. The average molecular weight is 426 g/mol. The minimum Gasteiger partial charge on any atom is -0.360 e. The molecule has 1 amide bonds. The van der Waals surface area contributed by atoms with Crippen LogP contribution in [0.5, 0.6) is 0 Å². The third kappa shape index (κ3) is 4.48. The highest BCUT2D eigenvalue weighted by atomic mass is 16.2. The van der Waals surface area contributed by atoms with Crippen LogP contribution in [0.2, 0.25) is 0 Å². The number of Topliss-reactive ketones (excluding diaryl/α,β-unsaturated/α-hetero) is 1. The number of nitrogens with zero attached hydrogens (tertiary/aromatic N) is 1. The molecule has 0 aliphatic carbocycles. The van der Waals surface area contributed by atoms with Gasteiger partial charge in [-0.2, -0.15) is 0 Å². The molecule has 162 valence electrons. The van der Waals surface area contributed by atoms with Gasteiger partial charge in [0.1, 0.15) is 0 Å². The van der Waals surface area contributed by atoms with E-state index in [0.717, 1.165) is 34.1 Å². The van der Waals surface area contributed by atoms with Gasteiger partial charge in [-0.1, -0.05) is 73.7 Å². The lowest BCUT2D eigenvalue weighted by molar-refractivity contribution is -0.117. The molecule has 4 aromatic rings. The maximum atomic E-state index is 13.7. The third-order valence-electron chi connectivity index (χ3n) is 5.72. The minimum absolute atomic E-state index is 0.0436. The van der Waals surface area contributed by atoms with Gasteiger partial charge in [0.25, 0.3) is 0 Å². The van der Waals surface area contributed by atoms with E-state index >= 15 is 0 Å². The molecule has 0 fully saturated rings. The Kier molecular flexibility index (Phi) is 6.47. The summed E-state index contributed by atoms with van der Waals surface area (Å²) >= 11 is 0. The number of hydrogen-bond acceptors (Lipinski definition) is 3. The Hall–Kier alpha value is -3.70. The smallest absolute Gasteiger partial charge is 0.238 e. The first-order valence-corrected chi connectivity index (χ1v) is 10.8. The second kappa shape index (κ2) is 9.62. The van der Waals surface area contributed by atoms with Crippen LogP contribution in [0, 0.1) is 0 Å². The summed E-state index contributed by atoms with van der Waals surface area (Å²) in [6, 6.07) is 24.6. The van der Waals surface area contributed by atoms with Gasteiger partial charge < -0.3 is 10.3 Å². The monoisotopic (exact) mass is 425 g/mol. The molecule has 0 unspecified atom stereocenters. The summed E-state index contributed by atoms with van der Waals surface area (Å²) in [6.07, 6.45) is 2.59. The van der Waals surface area contributed by atoms with E-state index in [4.69, 9.17) is 0 Å². The molecule has 1 aromatic heterocycles. The summed E-state index contributed by atoms with van der Waals surface area (Å²) < 4.78 is 0. The number of para-hydroxylation sites is 2. The molecule has 4 rings (SSSR count). The summed E-state index contributed by atoms with van der Waals surface area (Å²) in [5, 5.41) is 3.89. The van der Waals surface area contributed by atoms with Gasteiger partial charge in [0, 0.05) is 28.4 Å². The van der Waals surface area contributed by atoms with E-state index in [1.54, 1.807) is 6.20 Å². The van der Waals surface area contributed by atoms with Crippen LogP contribution in [-0.2, 0) is 11.2 Å². The highest BCUT2D eigenvalue weighted by molar-refractivity contribution is 6.10. The number of nitrogens with one attached hydrogen (secondary N) is 2. The first kappa shape index (κ1) is 21.5. The standard InChI is InChI=1S/C27H27N3O2/c1-3-19-11-7-9-15-23(19)29-25(31)18-30(2)26(20-12-5-4-6-13-20)27(32)22-17-28-24-16-10-8-14-21(22)24/h4-17,26,28H,3,18H2,1-2H3,(H,29,31)/t26-/m1/s1. The predicted molar refractivity (Wildman–Crippen MR) is 129 cm³/mol. The molecule has 0 bridgehead atoms. The summed E-state index contributed by atoms with van der Waals surface area (Å²) in [5.41, 5.74) is 4.29. The number of anilines is 1. The Bertz CT molecular complexity index is 1230. The van der Waals surface area contributed by atoms with Gasteiger partial charge in [0.15, 0.2) is 5.78 Å². The van der Waals surface area contributed by atoms with Gasteiger partial charge >= 0.3 is 0 Å². The molecule has 0 radical (unpaired) electrons. The Morgan fingerprint density at radius 2 is 1.62 bits per heavy atom. The van der Waals surface area contributed by atoms with Gasteiger partial charge in [-0.05, 0) is 36.7 Å². The predicted octanol–water partition coefficient (Wildman–Crippen LogP) is 5.22. The molecule has 1 atom stereocenters. The zero-order valence-electron chi connectivity index (χ0n) is 18.3. The molecule has 0 aliphatic rings. The van der Waals surface area contributed by atoms with Crippen molar-refractivity contribution in [3.05, 3.63) is 102 Å². The second-order valence-electron chi connectivity index (χ2n) is 7.90. The number of hydrogen-bond donors (Lipinski definition) is 2. The molecule has 0 aliphatic heterocycles. The van der Waals surface area contributed by atoms with E-state index in [9.17, 15) is 9.59 Å². The van der Waals surface area contributed by atoms with Crippen molar-refractivity contribution in [2.45, 2.75) is 19.4 Å². The number of fused-ring (bicyclic) bond motifs is 1. The molecule has 32 heavy (non-hydrogen) atoms. The quantitative estimate of drug-likeness (QED) is 0.380.